The maximum absolute atomic E-state index is 12.8. The molecule has 2 heterocycles. The lowest BCUT2D eigenvalue weighted by atomic mass is 9.84. The molecule has 1 aromatic heterocycles. The summed E-state index contributed by atoms with van der Waals surface area (Å²) in [5.74, 6) is -1.00. The minimum absolute atomic E-state index is 0.0873. The van der Waals surface area contributed by atoms with Gasteiger partial charge in [0.1, 0.15) is 6.04 Å². The molecule has 0 saturated carbocycles. The van der Waals surface area contributed by atoms with Gasteiger partial charge in [0.15, 0.2) is 0 Å². The number of carbonyl (C=O) groups is 2. The van der Waals surface area contributed by atoms with Gasteiger partial charge in [-0.1, -0.05) is 33.8 Å². The summed E-state index contributed by atoms with van der Waals surface area (Å²) in [6, 6.07) is 2.85. The highest BCUT2D eigenvalue weighted by atomic mass is 16.4. The molecule has 2 atom stereocenters. The Bertz CT molecular complexity index is 654. The lowest BCUT2D eigenvalue weighted by Gasteiger charge is -2.31. The number of hydrogen-bond donors (Lipinski definition) is 1. The quantitative estimate of drug-likeness (QED) is 0.806. The average molecular weight is 361 g/mol. The fraction of sp³-hybridized carbons (Fsp3) is 0.650. The summed E-state index contributed by atoms with van der Waals surface area (Å²) < 4.78 is 0. The van der Waals surface area contributed by atoms with Crippen molar-refractivity contribution in [1.82, 2.24) is 14.8 Å². The Hall–Kier alpha value is -2.11. The van der Waals surface area contributed by atoms with Crippen LogP contribution in [0.2, 0.25) is 0 Å². The fourth-order valence-electron chi connectivity index (χ4n) is 3.40. The second-order valence-corrected chi connectivity index (χ2v) is 8.51. The highest BCUT2D eigenvalue weighted by Gasteiger charge is 2.40. The third-order valence-electron chi connectivity index (χ3n) is 5.08. The van der Waals surface area contributed by atoms with Gasteiger partial charge < -0.3 is 14.9 Å². The molecular weight excluding hydrogens is 330 g/mol. The van der Waals surface area contributed by atoms with E-state index in [-0.39, 0.29) is 17.4 Å². The number of aliphatic carboxylic acids is 1. The van der Waals surface area contributed by atoms with Gasteiger partial charge in [-0.25, -0.2) is 9.59 Å². The Morgan fingerprint density at radius 2 is 2.04 bits per heavy atom. The molecular formula is C20H31N3O3. The molecule has 0 unspecified atom stereocenters. The van der Waals surface area contributed by atoms with Crippen LogP contribution in [0, 0.1) is 18.3 Å². The number of carboxylic acids is 1. The number of pyridine rings is 1. The van der Waals surface area contributed by atoms with Crippen LogP contribution in [0.5, 0.6) is 0 Å². The van der Waals surface area contributed by atoms with E-state index in [1.54, 1.807) is 11.1 Å². The van der Waals surface area contributed by atoms with Crippen molar-refractivity contribution in [1.29, 1.82) is 0 Å². The molecule has 0 aromatic carbocycles. The zero-order valence-electron chi connectivity index (χ0n) is 16.5. The van der Waals surface area contributed by atoms with E-state index in [9.17, 15) is 14.7 Å². The van der Waals surface area contributed by atoms with Gasteiger partial charge in [0.25, 0.3) is 0 Å². The van der Waals surface area contributed by atoms with E-state index in [1.807, 2.05) is 26.0 Å². The lowest BCUT2D eigenvalue weighted by molar-refractivity contribution is -0.143. The summed E-state index contributed by atoms with van der Waals surface area (Å²) in [5, 5.41) is 9.75. The molecule has 1 N–H and O–H groups in total. The van der Waals surface area contributed by atoms with Crippen LogP contribution in [0.25, 0.3) is 0 Å². The number of urea groups is 1. The molecule has 0 aliphatic carbocycles. The average Bonchev–Trinajstić information content (AvgIpc) is 2.88. The number of nitrogens with zero attached hydrogens (tertiary/aromatic N) is 3. The number of amides is 2. The molecule has 1 aliphatic heterocycles. The van der Waals surface area contributed by atoms with E-state index in [0.717, 1.165) is 24.1 Å². The Balaban J connectivity index is 2.07. The van der Waals surface area contributed by atoms with Gasteiger partial charge in [0.2, 0.25) is 0 Å². The van der Waals surface area contributed by atoms with E-state index in [4.69, 9.17) is 0 Å². The third kappa shape index (κ3) is 4.96. The second-order valence-electron chi connectivity index (χ2n) is 8.51. The van der Waals surface area contributed by atoms with Crippen molar-refractivity contribution in [2.45, 2.75) is 60.0 Å². The Morgan fingerprint density at radius 3 is 2.62 bits per heavy atom. The van der Waals surface area contributed by atoms with Gasteiger partial charge in [0, 0.05) is 31.5 Å². The molecule has 26 heavy (non-hydrogen) atoms. The molecule has 1 aromatic rings. The van der Waals surface area contributed by atoms with E-state index in [2.05, 4.69) is 25.8 Å². The Morgan fingerprint density at radius 1 is 1.35 bits per heavy atom. The first-order valence-electron chi connectivity index (χ1n) is 9.29. The van der Waals surface area contributed by atoms with Gasteiger partial charge in [-0.05, 0) is 42.7 Å². The number of carbonyl (C=O) groups excluding carboxylic acids is 1. The zero-order valence-corrected chi connectivity index (χ0v) is 16.5. The van der Waals surface area contributed by atoms with Crippen molar-refractivity contribution in [3.63, 3.8) is 0 Å². The normalized spacial score (nSPS) is 17.5. The Kier molecular flexibility index (Phi) is 6.26. The van der Waals surface area contributed by atoms with Crippen LogP contribution in [0.3, 0.4) is 0 Å². The second kappa shape index (κ2) is 8.06. The lowest BCUT2D eigenvalue weighted by Crippen LogP contribution is -2.47. The SMILES string of the molecule is Cc1ncccc1CN1CCN([C@H](C(=O)O)[C@@H](C)CCC(C)(C)C)C1=O. The Labute approximate surface area is 156 Å². The summed E-state index contributed by atoms with van der Waals surface area (Å²) in [6.45, 7) is 11.8. The number of rotatable bonds is 7. The van der Waals surface area contributed by atoms with E-state index < -0.39 is 12.0 Å². The first-order valence-corrected chi connectivity index (χ1v) is 9.29. The summed E-state index contributed by atoms with van der Waals surface area (Å²) in [7, 11) is 0. The number of aromatic nitrogens is 1. The molecule has 0 radical (unpaired) electrons. The van der Waals surface area contributed by atoms with Gasteiger partial charge in [-0.3, -0.25) is 4.98 Å². The van der Waals surface area contributed by atoms with Gasteiger partial charge >= 0.3 is 12.0 Å². The maximum Gasteiger partial charge on any atom is 0.326 e. The molecule has 1 aliphatic rings. The highest BCUT2D eigenvalue weighted by Crippen LogP contribution is 2.28. The van der Waals surface area contributed by atoms with E-state index in [1.165, 1.54) is 4.90 Å². The number of carboxylic acid groups (broad SMARTS) is 1. The fourth-order valence-corrected chi connectivity index (χ4v) is 3.40. The first kappa shape index (κ1) is 20.2. The van der Waals surface area contributed by atoms with Crippen LogP contribution < -0.4 is 0 Å². The van der Waals surface area contributed by atoms with Crippen LogP contribution in [0.4, 0.5) is 4.79 Å². The molecule has 144 valence electrons. The number of aryl methyl sites for hydroxylation is 1. The van der Waals surface area contributed by atoms with Crippen molar-refractivity contribution in [2.75, 3.05) is 13.1 Å². The minimum atomic E-state index is -0.917. The van der Waals surface area contributed by atoms with E-state index in [0.29, 0.717) is 19.6 Å². The summed E-state index contributed by atoms with van der Waals surface area (Å²) in [5.41, 5.74) is 2.04. The van der Waals surface area contributed by atoms with Crippen LogP contribution in [0.1, 0.15) is 51.8 Å². The molecule has 1 fully saturated rings. The predicted molar refractivity (Wildman–Crippen MR) is 101 cm³/mol. The number of hydrogen-bond acceptors (Lipinski definition) is 3. The van der Waals surface area contributed by atoms with Crippen molar-refractivity contribution < 1.29 is 14.7 Å². The topological polar surface area (TPSA) is 73.7 Å². The zero-order chi connectivity index (χ0) is 19.5. The molecule has 2 amide bonds. The predicted octanol–water partition coefficient (Wildman–Crippen LogP) is 3.54. The smallest absolute Gasteiger partial charge is 0.326 e. The van der Waals surface area contributed by atoms with Crippen LogP contribution in [-0.4, -0.2) is 51.0 Å². The molecule has 1 saturated heterocycles. The van der Waals surface area contributed by atoms with Gasteiger partial charge in [0.05, 0.1) is 0 Å². The largest absolute Gasteiger partial charge is 0.480 e. The molecule has 6 heteroatoms. The molecule has 2 rings (SSSR count). The van der Waals surface area contributed by atoms with Crippen LogP contribution >= 0.6 is 0 Å². The maximum atomic E-state index is 12.8. The van der Waals surface area contributed by atoms with Crippen molar-refractivity contribution >= 4 is 12.0 Å². The standard InChI is InChI=1S/C20H31N3O3/c1-14(8-9-20(3,4)5)17(18(24)25)23-12-11-22(19(23)26)13-16-7-6-10-21-15(16)2/h6-7,10,14,17H,8-9,11-13H2,1-5H3,(H,24,25)/t14-,17-/m0/s1. The molecule has 0 bridgehead atoms. The summed E-state index contributed by atoms with van der Waals surface area (Å²) >= 11 is 0. The van der Waals surface area contributed by atoms with Gasteiger partial charge in [-0.2, -0.15) is 0 Å². The molecule has 6 nitrogen and oxygen atoms in total. The van der Waals surface area contributed by atoms with E-state index >= 15 is 0 Å². The van der Waals surface area contributed by atoms with Crippen LogP contribution in [-0.2, 0) is 11.3 Å². The molecule has 0 spiro atoms. The van der Waals surface area contributed by atoms with Gasteiger partial charge in [-0.15, -0.1) is 0 Å². The monoisotopic (exact) mass is 361 g/mol. The van der Waals surface area contributed by atoms with Crippen molar-refractivity contribution in [2.24, 2.45) is 11.3 Å². The first-order chi connectivity index (χ1) is 12.1. The van der Waals surface area contributed by atoms with Crippen molar-refractivity contribution in [3.8, 4) is 0 Å². The van der Waals surface area contributed by atoms with Crippen molar-refractivity contribution in [3.05, 3.63) is 29.6 Å². The minimum Gasteiger partial charge on any atom is -0.480 e. The summed E-state index contributed by atoms with van der Waals surface area (Å²) in [4.78, 5) is 32.2. The van der Waals surface area contributed by atoms with Crippen LogP contribution in [0.15, 0.2) is 18.3 Å². The highest BCUT2D eigenvalue weighted by molar-refractivity contribution is 5.84. The summed E-state index contributed by atoms with van der Waals surface area (Å²) in [6.07, 6.45) is 3.44. The third-order valence-corrected chi connectivity index (χ3v) is 5.08.